The average Bonchev–Trinajstić information content (AvgIpc) is 2.79. The molecular formula is C14H26N2O3S. The van der Waals surface area contributed by atoms with Gasteiger partial charge in [-0.05, 0) is 19.3 Å². The minimum absolute atomic E-state index is 0.00480. The lowest BCUT2D eigenvalue weighted by molar-refractivity contribution is -0.141. The molecule has 0 saturated carbocycles. The van der Waals surface area contributed by atoms with E-state index < -0.39 is 12.0 Å². The molecule has 2 amide bonds. The fourth-order valence-electron chi connectivity index (χ4n) is 2.43. The van der Waals surface area contributed by atoms with E-state index in [1.54, 1.807) is 21.6 Å². The number of thioether (sulfide) groups is 1. The van der Waals surface area contributed by atoms with Gasteiger partial charge < -0.3 is 10.0 Å². The smallest absolute Gasteiger partial charge is 0.327 e. The fourth-order valence-corrected chi connectivity index (χ4v) is 3.93. The van der Waals surface area contributed by atoms with Crippen molar-refractivity contribution in [3.63, 3.8) is 0 Å². The highest BCUT2D eigenvalue weighted by Crippen LogP contribution is 2.33. The topological polar surface area (TPSA) is 60.9 Å². The van der Waals surface area contributed by atoms with E-state index >= 15 is 0 Å². The van der Waals surface area contributed by atoms with E-state index in [1.807, 2.05) is 6.92 Å². The van der Waals surface area contributed by atoms with Crippen molar-refractivity contribution in [2.24, 2.45) is 5.92 Å². The third-order valence-corrected chi connectivity index (χ3v) is 4.73. The molecule has 0 spiro atoms. The van der Waals surface area contributed by atoms with Crippen LogP contribution in [0.25, 0.3) is 0 Å². The molecule has 0 bridgehead atoms. The molecule has 1 heterocycles. The van der Waals surface area contributed by atoms with Crippen molar-refractivity contribution < 1.29 is 14.7 Å². The summed E-state index contributed by atoms with van der Waals surface area (Å²) in [4.78, 5) is 27.4. The highest BCUT2D eigenvalue weighted by Gasteiger charge is 2.42. The van der Waals surface area contributed by atoms with Gasteiger partial charge in [-0.15, -0.1) is 11.8 Å². The number of aliphatic carboxylic acids is 1. The van der Waals surface area contributed by atoms with E-state index in [0.717, 1.165) is 12.8 Å². The Morgan fingerprint density at radius 2 is 2.05 bits per heavy atom. The van der Waals surface area contributed by atoms with Crippen LogP contribution in [0.15, 0.2) is 0 Å². The van der Waals surface area contributed by atoms with Gasteiger partial charge in [0.25, 0.3) is 0 Å². The van der Waals surface area contributed by atoms with Crippen molar-refractivity contribution in [3.8, 4) is 0 Å². The van der Waals surface area contributed by atoms with Crippen LogP contribution in [0.4, 0.5) is 4.79 Å². The monoisotopic (exact) mass is 302 g/mol. The SMILES string of the molecule is CCCC1SCC(C(=O)O)N1C(=O)N(CC)CC(C)C. The second-order valence-corrected chi connectivity index (χ2v) is 6.76. The van der Waals surface area contributed by atoms with Gasteiger partial charge in [-0.2, -0.15) is 0 Å². The zero-order valence-corrected chi connectivity index (χ0v) is 13.7. The van der Waals surface area contributed by atoms with E-state index in [0.29, 0.717) is 24.8 Å². The summed E-state index contributed by atoms with van der Waals surface area (Å²) >= 11 is 1.58. The molecule has 0 aromatic rings. The molecule has 2 atom stereocenters. The van der Waals surface area contributed by atoms with Crippen LogP contribution >= 0.6 is 11.8 Å². The Hall–Kier alpha value is -0.910. The van der Waals surface area contributed by atoms with Crippen LogP contribution in [0.1, 0.15) is 40.5 Å². The maximum atomic E-state index is 12.7. The van der Waals surface area contributed by atoms with Crippen molar-refractivity contribution in [2.75, 3.05) is 18.8 Å². The summed E-state index contributed by atoms with van der Waals surface area (Å²) in [6, 6.07) is -0.817. The van der Waals surface area contributed by atoms with Gasteiger partial charge in [0.05, 0.1) is 5.37 Å². The predicted molar refractivity (Wildman–Crippen MR) is 81.9 cm³/mol. The molecule has 5 nitrogen and oxygen atoms in total. The van der Waals surface area contributed by atoms with Crippen LogP contribution in [0.5, 0.6) is 0 Å². The van der Waals surface area contributed by atoms with Crippen LogP contribution in [-0.4, -0.2) is 57.2 Å². The van der Waals surface area contributed by atoms with Crippen LogP contribution in [0, 0.1) is 5.92 Å². The zero-order valence-electron chi connectivity index (χ0n) is 12.8. The molecule has 0 aromatic heterocycles. The van der Waals surface area contributed by atoms with E-state index in [-0.39, 0.29) is 11.4 Å². The van der Waals surface area contributed by atoms with Gasteiger partial charge in [0.2, 0.25) is 0 Å². The molecule has 2 unspecified atom stereocenters. The van der Waals surface area contributed by atoms with Crippen molar-refractivity contribution in [2.45, 2.75) is 52.0 Å². The Balaban J connectivity index is 2.89. The second-order valence-electron chi connectivity index (χ2n) is 5.55. The first-order chi connectivity index (χ1) is 9.42. The number of amides is 2. The standard InChI is InChI=1S/C14H26N2O3S/c1-5-7-12-16(11(9-20-12)13(17)18)14(19)15(6-2)8-10(3)4/h10-12H,5-9H2,1-4H3,(H,17,18). The minimum atomic E-state index is -0.898. The van der Waals surface area contributed by atoms with E-state index in [9.17, 15) is 14.7 Å². The molecule has 0 aliphatic carbocycles. The highest BCUT2D eigenvalue weighted by atomic mass is 32.2. The molecule has 1 aliphatic heterocycles. The van der Waals surface area contributed by atoms with E-state index in [1.165, 1.54) is 0 Å². The maximum Gasteiger partial charge on any atom is 0.327 e. The van der Waals surface area contributed by atoms with E-state index in [2.05, 4.69) is 20.8 Å². The number of hydrogen-bond acceptors (Lipinski definition) is 3. The molecule has 1 fully saturated rings. The summed E-state index contributed by atoms with van der Waals surface area (Å²) in [6.45, 7) is 9.40. The summed E-state index contributed by atoms with van der Waals surface area (Å²) in [5, 5.41) is 9.32. The largest absolute Gasteiger partial charge is 0.480 e. The third kappa shape index (κ3) is 4.04. The molecule has 1 saturated heterocycles. The average molecular weight is 302 g/mol. The maximum absolute atomic E-state index is 12.7. The number of carboxylic acids is 1. The van der Waals surface area contributed by atoms with Crippen molar-refractivity contribution in [3.05, 3.63) is 0 Å². The first-order valence-electron chi connectivity index (χ1n) is 7.33. The number of hydrogen-bond donors (Lipinski definition) is 1. The first-order valence-corrected chi connectivity index (χ1v) is 8.38. The molecule has 116 valence electrons. The predicted octanol–water partition coefficient (Wildman–Crippen LogP) is 2.71. The lowest BCUT2D eigenvalue weighted by Gasteiger charge is -2.33. The van der Waals surface area contributed by atoms with Gasteiger partial charge in [0.1, 0.15) is 6.04 Å². The molecule has 0 radical (unpaired) electrons. The second kappa shape index (κ2) is 7.76. The van der Waals surface area contributed by atoms with Crippen molar-refractivity contribution in [1.82, 2.24) is 9.80 Å². The van der Waals surface area contributed by atoms with Gasteiger partial charge in [0, 0.05) is 18.8 Å². The van der Waals surface area contributed by atoms with Gasteiger partial charge in [0.15, 0.2) is 0 Å². The lowest BCUT2D eigenvalue weighted by Crippen LogP contribution is -2.52. The Kier molecular flexibility index (Phi) is 6.65. The van der Waals surface area contributed by atoms with Crippen LogP contribution in [0.2, 0.25) is 0 Å². The Morgan fingerprint density at radius 1 is 1.40 bits per heavy atom. The zero-order chi connectivity index (χ0) is 15.3. The van der Waals surface area contributed by atoms with Crippen LogP contribution in [0.3, 0.4) is 0 Å². The molecule has 6 heteroatoms. The molecule has 1 rings (SSSR count). The van der Waals surface area contributed by atoms with Gasteiger partial charge >= 0.3 is 12.0 Å². The quantitative estimate of drug-likeness (QED) is 0.819. The van der Waals surface area contributed by atoms with Crippen LogP contribution in [-0.2, 0) is 4.79 Å². The van der Waals surface area contributed by atoms with Crippen LogP contribution < -0.4 is 0 Å². The molecular weight excluding hydrogens is 276 g/mol. The molecule has 1 aliphatic rings. The summed E-state index contributed by atoms with van der Waals surface area (Å²) in [5.41, 5.74) is 0. The number of carbonyl (C=O) groups is 2. The van der Waals surface area contributed by atoms with E-state index in [4.69, 9.17) is 0 Å². The third-order valence-electron chi connectivity index (χ3n) is 3.37. The fraction of sp³-hybridized carbons (Fsp3) is 0.857. The first kappa shape index (κ1) is 17.1. The molecule has 20 heavy (non-hydrogen) atoms. The van der Waals surface area contributed by atoms with Gasteiger partial charge in [-0.1, -0.05) is 27.2 Å². The molecule has 1 N–H and O–H groups in total. The lowest BCUT2D eigenvalue weighted by atomic mass is 10.2. The summed E-state index contributed by atoms with van der Waals surface area (Å²) in [5.74, 6) is -0.0301. The Bertz CT molecular complexity index is 349. The van der Waals surface area contributed by atoms with Crippen molar-refractivity contribution in [1.29, 1.82) is 0 Å². The summed E-state index contributed by atoms with van der Waals surface area (Å²) in [6.07, 6.45) is 1.80. The molecule has 0 aromatic carbocycles. The van der Waals surface area contributed by atoms with Gasteiger partial charge in [-0.3, -0.25) is 4.90 Å². The highest BCUT2D eigenvalue weighted by molar-refractivity contribution is 8.00. The van der Waals surface area contributed by atoms with Gasteiger partial charge in [-0.25, -0.2) is 9.59 Å². The Morgan fingerprint density at radius 3 is 2.50 bits per heavy atom. The summed E-state index contributed by atoms with van der Waals surface area (Å²) in [7, 11) is 0. The van der Waals surface area contributed by atoms with Crippen molar-refractivity contribution >= 4 is 23.8 Å². The number of nitrogens with zero attached hydrogens (tertiary/aromatic N) is 2. The minimum Gasteiger partial charge on any atom is -0.480 e. The number of carboxylic acid groups (broad SMARTS) is 1. The number of rotatable bonds is 6. The Labute approximate surface area is 125 Å². The summed E-state index contributed by atoms with van der Waals surface area (Å²) < 4.78 is 0. The normalized spacial score (nSPS) is 22.4. The number of carbonyl (C=O) groups excluding carboxylic acids is 1. The number of urea groups is 1.